The molecule has 0 saturated carbocycles. The van der Waals surface area contributed by atoms with Gasteiger partial charge in [-0.2, -0.15) is 5.10 Å². The second kappa shape index (κ2) is 8.12. The van der Waals surface area contributed by atoms with Crippen LogP contribution in [-0.2, 0) is 12.8 Å². The highest BCUT2D eigenvalue weighted by Crippen LogP contribution is 2.32. The maximum absolute atomic E-state index is 12.2. The number of hydrogen-bond donors (Lipinski definition) is 1. The van der Waals surface area contributed by atoms with Gasteiger partial charge < -0.3 is 4.74 Å². The second-order valence-electron chi connectivity index (χ2n) is 6.23. The minimum absolute atomic E-state index is 0.144. The Balaban J connectivity index is 1.57. The third-order valence-corrected chi connectivity index (χ3v) is 5.53. The van der Waals surface area contributed by atoms with E-state index < -0.39 is 0 Å². The standard InChI is InChI=1S/C20H22N2O2S/c1-14-9-10-18-16(12-14)13-19(25-18)20(23)22-21-11-5-7-15-6-3-4-8-17(15)24-2/h3-8,11,13-14H,9-10,12H2,1-2H3,(H,22,23)/b7-5+,21-11-/t14-/m0/s1. The Bertz CT molecular complexity index is 808. The van der Waals surface area contributed by atoms with Gasteiger partial charge in [-0.1, -0.05) is 25.1 Å². The smallest absolute Gasteiger partial charge is 0.281 e. The molecule has 2 aromatic rings. The van der Waals surface area contributed by atoms with Crippen molar-refractivity contribution < 1.29 is 9.53 Å². The van der Waals surface area contributed by atoms with E-state index in [0.717, 1.165) is 29.0 Å². The maximum Gasteiger partial charge on any atom is 0.281 e. The molecular weight excluding hydrogens is 332 g/mol. The molecule has 1 atom stereocenters. The van der Waals surface area contributed by atoms with Gasteiger partial charge in [-0.05, 0) is 55.0 Å². The van der Waals surface area contributed by atoms with Crippen molar-refractivity contribution in [2.75, 3.05) is 7.11 Å². The number of carbonyl (C=O) groups is 1. The number of rotatable bonds is 5. The predicted molar refractivity (Wildman–Crippen MR) is 103 cm³/mol. The lowest BCUT2D eigenvalue weighted by atomic mass is 9.90. The Morgan fingerprint density at radius 1 is 1.40 bits per heavy atom. The number of amides is 1. The zero-order valence-corrected chi connectivity index (χ0v) is 15.3. The molecule has 1 aliphatic carbocycles. The van der Waals surface area contributed by atoms with Crippen LogP contribution in [0.5, 0.6) is 5.75 Å². The van der Waals surface area contributed by atoms with Crippen molar-refractivity contribution in [2.24, 2.45) is 11.0 Å². The monoisotopic (exact) mass is 354 g/mol. The van der Waals surface area contributed by atoms with Crippen LogP contribution in [0, 0.1) is 5.92 Å². The fourth-order valence-corrected chi connectivity index (χ4v) is 4.06. The SMILES string of the molecule is COc1ccccc1/C=C/C=N\NC(=O)c1cc2c(s1)CC[C@H](C)C2. The largest absolute Gasteiger partial charge is 0.496 e. The molecule has 0 aliphatic heterocycles. The topological polar surface area (TPSA) is 50.7 Å². The molecule has 5 heteroatoms. The van der Waals surface area contributed by atoms with Gasteiger partial charge in [0.2, 0.25) is 0 Å². The number of benzene rings is 1. The molecular formula is C20H22N2O2S. The molecule has 1 aromatic heterocycles. The number of hydrazone groups is 1. The first-order chi connectivity index (χ1) is 12.2. The number of hydrogen-bond acceptors (Lipinski definition) is 4. The minimum Gasteiger partial charge on any atom is -0.496 e. The highest BCUT2D eigenvalue weighted by Gasteiger charge is 2.20. The average molecular weight is 354 g/mol. The van der Waals surface area contributed by atoms with Gasteiger partial charge in [-0.15, -0.1) is 11.3 Å². The summed E-state index contributed by atoms with van der Waals surface area (Å²) >= 11 is 1.59. The molecule has 0 bridgehead atoms. The van der Waals surface area contributed by atoms with Gasteiger partial charge in [0.15, 0.2) is 0 Å². The molecule has 0 spiro atoms. The Morgan fingerprint density at radius 2 is 2.24 bits per heavy atom. The molecule has 0 unspecified atom stereocenters. The second-order valence-corrected chi connectivity index (χ2v) is 7.36. The molecule has 3 rings (SSSR count). The van der Waals surface area contributed by atoms with Crippen LogP contribution < -0.4 is 10.2 Å². The zero-order valence-electron chi connectivity index (χ0n) is 14.5. The summed E-state index contributed by atoms with van der Waals surface area (Å²) in [4.78, 5) is 14.3. The summed E-state index contributed by atoms with van der Waals surface area (Å²) in [6.45, 7) is 2.26. The van der Waals surface area contributed by atoms with Crippen molar-refractivity contribution in [1.82, 2.24) is 5.43 Å². The Morgan fingerprint density at radius 3 is 3.08 bits per heavy atom. The average Bonchev–Trinajstić information content (AvgIpc) is 3.05. The van der Waals surface area contributed by atoms with Crippen LogP contribution in [0.25, 0.3) is 6.08 Å². The van der Waals surface area contributed by atoms with Crippen molar-refractivity contribution in [1.29, 1.82) is 0 Å². The lowest BCUT2D eigenvalue weighted by molar-refractivity contribution is 0.0959. The van der Waals surface area contributed by atoms with Crippen LogP contribution in [-0.4, -0.2) is 19.2 Å². The Labute approximate surface area is 152 Å². The first kappa shape index (κ1) is 17.4. The van der Waals surface area contributed by atoms with E-state index in [2.05, 4.69) is 17.5 Å². The van der Waals surface area contributed by atoms with E-state index in [1.54, 1.807) is 30.7 Å². The number of para-hydroxylation sites is 1. The van der Waals surface area contributed by atoms with Gasteiger partial charge in [0.05, 0.1) is 12.0 Å². The van der Waals surface area contributed by atoms with Crippen molar-refractivity contribution in [3.63, 3.8) is 0 Å². The number of methoxy groups -OCH3 is 1. The van der Waals surface area contributed by atoms with Crippen molar-refractivity contribution >= 4 is 29.5 Å². The van der Waals surface area contributed by atoms with Crippen LogP contribution in [0.2, 0.25) is 0 Å². The van der Waals surface area contributed by atoms with E-state index in [1.165, 1.54) is 16.9 Å². The fourth-order valence-electron chi connectivity index (χ4n) is 2.96. The summed E-state index contributed by atoms with van der Waals surface area (Å²) in [5, 5.41) is 3.99. The minimum atomic E-state index is -0.144. The zero-order chi connectivity index (χ0) is 17.6. The van der Waals surface area contributed by atoms with Gasteiger partial charge >= 0.3 is 0 Å². The van der Waals surface area contributed by atoms with E-state index in [4.69, 9.17) is 4.74 Å². The fraction of sp³-hybridized carbons (Fsp3) is 0.300. The third kappa shape index (κ3) is 4.37. The van der Waals surface area contributed by atoms with E-state index in [-0.39, 0.29) is 5.91 Å². The summed E-state index contributed by atoms with van der Waals surface area (Å²) in [5.74, 6) is 1.36. The van der Waals surface area contributed by atoms with Crippen LogP contribution in [0.3, 0.4) is 0 Å². The van der Waals surface area contributed by atoms with E-state index in [1.807, 2.05) is 36.4 Å². The van der Waals surface area contributed by atoms with E-state index >= 15 is 0 Å². The highest BCUT2D eigenvalue weighted by atomic mass is 32.1. The molecule has 130 valence electrons. The molecule has 1 aromatic carbocycles. The lowest BCUT2D eigenvalue weighted by Gasteiger charge is -2.16. The molecule has 4 nitrogen and oxygen atoms in total. The van der Waals surface area contributed by atoms with Gasteiger partial charge in [0, 0.05) is 16.7 Å². The lowest BCUT2D eigenvalue weighted by Crippen LogP contribution is -2.15. The number of ether oxygens (including phenoxy) is 1. The van der Waals surface area contributed by atoms with Gasteiger partial charge in [-0.3, -0.25) is 4.79 Å². The van der Waals surface area contributed by atoms with Gasteiger partial charge in [-0.25, -0.2) is 5.43 Å². The predicted octanol–water partition coefficient (Wildman–Crippen LogP) is 4.31. The molecule has 1 N–H and O–H groups in total. The number of fused-ring (bicyclic) bond motifs is 1. The van der Waals surface area contributed by atoms with Crippen molar-refractivity contribution in [2.45, 2.75) is 26.2 Å². The van der Waals surface area contributed by atoms with Crippen LogP contribution in [0.1, 0.15) is 39.0 Å². The van der Waals surface area contributed by atoms with Gasteiger partial charge in [0.25, 0.3) is 5.91 Å². The Hall–Kier alpha value is -2.40. The van der Waals surface area contributed by atoms with E-state index in [9.17, 15) is 4.79 Å². The van der Waals surface area contributed by atoms with Crippen molar-refractivity contribution in [3.8, 4) is 5.75 Å². The van der Waals surface area contributed by atoms with Crippen molar-refractivity contribution in [3.05, 3.63) is 57.3 Å². The quantitative estimate of drug-likeness (QED) is 0.642. The normalized spacial score (nSPS) is 17.0. The number of nitrogens with one attached hydrogen (secondary N) is 1. The van der Waals surface area contributed by atoms with Gasteiger partial charge in [0.1, 0.15) is 5.75 Å². The van der Waals surface area contributed by atoms with E-state index in [0.29, 0.717) is 5.92 Å². The number of aryl methyl sites for hydroxylation is 1. The molecule has 0 fully saturated rings. The molecule has 1 heterocycles. The first-order valence-corrected chi connectivity index (χ1v) is 9.23. The number of thiophene rings is 1. The number of allylic oxidation sites excluding steroid dienone is 1. The molecule has 25 heavy (non-hydrogen) atoms. The molecule has 1 amide bonds. The summed E-state index contributed by atoms with van der Waals surface area (Å²) < 4.78 is 5.28. The molecule has 0 saturated heterocycles. The maximum atomic E-state index is 12.2. The van der Waals surface area contributed by atoms with Crippen LogP contribution in [0.4, 0.5) is 0 Å². The Kier molecular flexibility index (Phi) is 5.66. The summed E-state index contributed by atoms with van der Waals surface area (Å²) in [6.07, 6.45) is 8.60. The summed E-state index contributed by atoms with van der Waals surface area (Å²) in [6, 6.07) is 9.74. The number of carbonyl (C=O) groups excluding carboxylic acids is 1. The highest BCUT2D eigenvalue weighted by molar-refractivity contribution is 7.14. The number of nitrogens with zero attached hydrogens (tertiary/aromatic N) is 1. The molecule has 0 radical (unpaired) electrons. The van der Waals surface area contributed by atoms with Crippen LogP contribution >= 0.6 is 11.3 Å². The molecule has 1 aliphatic rings. The summed E-state index contributed by atoms with van der Waals surface area (Å²) in [5.41, 5.74) is 4.88. The first-order valence-electron chi connectivity index (χ1n) is 8.42. The van der Waals surface area contributed by atoms with Crippen LogP contribution in [0.15, 0.2) is 41.5 Å². The third-order valence-electron chi connectivity index (χ3n) is 4.29. The summed E-state index contributed by atoms with van der Waals surface area (Å²) in [7, 11) is 1.64.